The van der Waals surface area contributed by atoms with Gasteiger partial charge >= 0.3 is 0 Å². The van der Waals surface area contributed by atoms with Gasteiger partial charge in [0.2, 0.25) is 0 Å². The summed E-state index contributed by atoms with van der Waals surface area (Å²) in [6.45, 7) is 6.63. The van der Waals surface area contributed by atoms with Crippen molar-refractivity contribution in [1.82, 2.24) is 5.32 Å². The minimum atomic E-state index is 0.177. The Labute approximate surface area is 75.7 Å². The van der Waals surface area contributed by atoms with Crippen LogP contribution in [0.2, 0.25) is 0 Å². The first kappa shape index (κ1) is 11.5. The van der Waals surface area contributed by atoms with Gasteiger partial charge in [0.05, 0.1) is 6.04 Å². The molecule has 0 aliphatic heterocycles. The Kier molecular flexibility index (Phi) is 8.20. The molecule has 0 amide bonds. The lowest BCUT2D eigenvalue weighted by Gasteiger charge is -2.11. The van der Waals surface area contributed by atoms with Gasteiger partial charge in [0, 0.05) is 13.2 Å². The highest BCUT2D eigenvalue weighted by Crippen LogP contribution is 1.91. The molecule has 0 saturated heterocycles. The summed E-state index contributed by atoms with van der Waals surface area (Å²) in [5.74, 6) is 2.70. The first-order chi connectivity index (χ1) is 5.85. The van der Waals surface area contributed by atoms with E-state index in [4.69, 9.17) is 11.2 Å². The fourth-order valence-electron chi connectivity index (χ4n) is 0.908. The van der Waals surface area contributed by atoms with Crippen molar-refractivity contribution in [3.63, 3.8) is 0 Å². The highest BCUT2D eigenvalue weighted by molar-refractivity contribution is 4.98. The Morgan fingerprint density at radius 3 is 2.75 bits per heavy atom. The fraction of sp³-hybridized carbons (Fsp3) is 0.800. The molecule has 0 spiro atoms. The third-order valence-corrected chi connectivity index (χ3v) is 1.60. The van der Waals surface area contributed by atoms with Gasteiger partial charge in [0.15, 0.2) is 0 Å². The van der Waals surface area contributed by atoms with Gasteiger partial charge < -0.3 is 10.1 Å². The predicted molar refractivity (Wildman–Crippen MR) is 52.0 cm³/mol. The molecule has 2 heteroatoms. The molecular formula is C10H19NO. The van der Waals surface area contributed by atoms with E-state index in [1.54, 1.807) is 0 Å². The van der Waals surface area contributed by atoms with Gasteiger partial charge in [-0.3, -0.25) is 0 Å². The van der Waals surface area contributed by atoms with E-state index >= 15 is 0 Å². The quantitative estimate of drug-likeness (QED) is 0.459. The van der Waals surface area contributed by atoms with E-state index in [1.807, 2.05) is 6.92 Å². The van der Waals surface area contributed by atoms with Crippen molar-refractivity contribution in [1.29, 1.82) is 0 Å². The van der Waals surface area contributed by atoms with Gasteiger partial charge in [0.1, 0.15) is 0 Å². The van der Waals surface area contributed by atoms with Crippen molar-refractivity contribution in [3.05, 3.63) is 0 Å². The summed E-state index contributed by atoms with van der Waals surface area (Å²) in [5, 5.41) is 3.26. The number of rotatable bonds is 7. The lowest BCUT2D eigenvalue weighted by atomic mass is 10.2. The van der Waals surface area contributed by atoms with E-state index < -0.39 is 0 Å². The molecule has 0 saturated carbocycles. The fourth-order valence-corrected chi connectivity index (χ4v) is 0.908. The molecule has 0 fully saturated rings. The van der Waals surface area contributed by atoms with Crippen LogP contribution in [0.25, 0.3) is 0 Å². The molecule has 1 N–H and O–H groups in total. The van der Waals surface area contributed by atoms with Crippen LogP contribution in [0.5, 0.6) is 0 Å². The maximum atomic E-state index is 5.33. The molecular weight excluding hydrogens is 150 g/mol. The van der Waals surface area contributed by atoms with Crippen LogP contribution in [0.1, 0.15) is 26.7 Å². The van der Waals surface area contributed by atoms with Gasteiger partial charge in [-0.25, -0.2) is 0 Å². The molecule has 0 rings (SSSR count). The lowest BCUT2D eigenvalue weighted by Crippen LogP contribution is -2.29. The Morgan fingerprint density at radius 1 is 1.50 bits per heavy atom. The van der Waals surface area contributed by atoms with Gasteiger partial charge in [-0.15, -0.1) is 6.42 Å². The molecule has 0 radical (unpaired) electrons. The highest BCUT2D eigenvalue weighted by atomic mass is 16.5. The van der Waals surface area contributed by atoms with Crippen molar-refractivity contribution >= 4 is 0 Å². The van der Waals surface area contributed by atoms with Crippen LogP contribution in [0, 0.1) is 12.3 Å². The number of hydrogen-bond donors (Lipinski definition) is 1. The number of terminal acetylenes is 1. The SMILES string of the molecule is C#CC(CCOCC)NCCC. The molecule has 0 bridgehead atoms. The average molecular weight is 169 g/mol. The normalized spacial score (nSPS) is 12.4. The Hall–Kier alpha value is -0.520. The summed E-state index contributed by atoms with van der Waals surface area (Å²) in [7, 11) is 0. The summed E-state index contributed by atoms with van der Waals surface area (Å²) in [5.41, 5.74) is 0. The molecule has 0 aromatic rings. The third kappa shape index (κ3) is 6.21. The third-order valence-electron chi connectivity index (χ3n) is 1.60. The number of hydrogen-bond acceptors (Lipinski definition) is 2. The van der Waals surface area contributed by atoms with Crippen LogP contribution in [0.4, 0.5) is 0 Å². The van der Waals surface area contributed by atoms with Gasteiger partial charge in [0.25, 0.3) is 0 Å². The van der Waals surface area contributed by atoms with Crippen LogP contribution in [0.3, 0.4) is 0 Å². The molecule has 0 heterocycles. The second-order valence-electron chi connectivity index (χ2n) is 2.66. The summed E-state index contributed by atoms with van der Waals surface area (Å²) in [6, 6.07) is 0.177. The topological polar surface area (TPSA) is 21.3 Å². The van der Waals surface area contributed by atoms with Crippen LogP contribution < -0.4 is 5.32 Å². The van der Waals surface area contributed by atoms with Crippen LogP contribution in [0.15, 0.2) is 0 Å². The molecule has 1 unspecified atom stereocenters. The smallest absolute Gasteiger partial charge is 0.0709 e. The van der Waals surface area contributed by atoms with Gasteiger partial charge in [-0.05, 0) is 26.3 Å². The summed E-state index contributed by atoms with van der Waals surface area (Å²) in [6.07, 6.45) is 7.35. The molecule has 0 aromatic carbocycles. The first-order valence-electron chi connectivity index (χ1n) is 4.62. The van der Waals surface area contributed by atoms with Gasteiger partial charge in [-0.1, -0.05) is 12.8 Å². The van der Waals surface area contributed by atoms with E-state index in [1.165, 1.54) is 0 Å². The van der Waals surface area contributed by atoms with E-state index in [9.17, 15) is 0 Å². The van der Waals surface area contributed by atoms with Crippen molar-refractivity contribution in [2.45, 2.75) is 32.7 Å². The minimum Gasteiger partial charge on any atom is -0.382 e. The molecule has 70 valence electrons. The lowest BCUT2D eigenvalue weighted by molar-refractivity contribution is 0.141. The van der Waals surface area contributed by atoms with E-state index in [0.29, 0.717) is 0 Å². The Morgan fingerprint density at radius 2 is 2.25 bits per heavy atom. The Balaban J connectivity index is 3.35. The zero-order valence-corrected chi connectivity index (χ0v) is 8.10. The number of nitrogens with one attached hydrogen (secondary N) is 1. The van der Waals surface area contributed by atoms with Crippen molar-refractivity contribution in [2.24, 2.45) is 0 Å². The summed E-state index contributed by atoms with van der Waals surface area (Å²) >= 11 is 0. The monoisotopic (exact) mass is 169 g/mol. The zero-order chi connectivity index (χ0) is 9.23. The molecule has 0 aliphatic carbocycles. The second kappa shape index (κ2) is 8.58. The molecule has 0 aliphatic rings. The molecule has 12 heavy (non-hydrogen) atoms. The van der Waals surface area contributed by atoms with E-state index in [2.05, 4.69) is 18.2 Å². The molecule has 2 nitrogen and oxygen atoms in total. The van der Waals surface area contributed by atoms with E-state index in [-0.39, 0.29) is 6.04 Å². The van der Waals surface area contributed by atoms with Crippen molar-refractivity contribution < 1.29 is 4.74 Å². The summed E-state index contributed by atoms with van der Waals surface area (Å²) in [4.78, 5) is 0. The largest absolute Gasteiger partial charge is 0.382 e. The van der Waals surface area contributed by atoms with Crippen molar-refractivity contribution in [2.75, 3.05) is 19.8 Å². The maximum absolute atomic E-state index is 5.33. The van der Waals surface area contributed by atoms with Crippen LogP contribution in [-0.2, 0) is 4.74 Å². The maximum Gasteiger partial charge on any atom is 0.0709 e. The summed E-state index contributed by atoms with van der Waals surface area (Å²) < 4.78 is 5.21. The van der Waals surface area contributed by atoms with E-state index in [0.717, 1.165) is 32.6 Å². The Bertz CT molecular complexity index is 128. The minimum absolute atomic E-state index is 0.177. The zero-order valence-electron chi connectivity index (χ0n) is 8.10. The average Bonchev–Trinajstić information content (AvgIpc) is 2.11. The highest BCUT2D eigenvalue weighted by Gasteiger charge is 2.01. The number of ether oxygens (including phenoxy) is 1. The van der Waals surface area contributed by atoms with Crippen molar-refractivity contribution in [3.8, 4) is 12.3 Å². The molecule has 0 aromatic heterocycles. The van der Waals surface area contributed by atoms with Crippen LogP contribution >= 0.6 is 0 Å². The predicted octanol–water partition coefficient (Wildman–Crippen LogP) is 1.41. The first-order valence-corrected chi connectivity index (χ1v) is 4.62. The molecule has 1 atom stereocenters. The second-order valence-corrected chi connectivity index (χ2v) is 2.66. The van der Waals surface area contributed by atoms with Crippen LogP contribution in [-0.4, -0.2) is 25.8 Å². The standard InChI is InChI=1S/C10H19NO/c1-4-8-11-10(5-2)7-9-12-6-3/h2,10-11H,4,6-9H2,1,3H3. The van der Waals surface area contributed by atoms with Gasteiger partial charge in [-0.2, -0.15) is 0 Å².